The van der Waals surface area contributed by atoms with Crippen LogP contribution in [0, 0.1) is 0 Å². The van der Waals surface area contributed by atoms with E-state index in [9.17, 15) is 0 Å². The highest BCUT2D eigenvalue weighted by Crippen LogP contribution is 2.13. The second-order valence-electron chi connectivity index (χ2n) is 3.82. The Kier molecular flexibility index (Phi) is 2.90. The van der Waals surface area contributed by atoms with Gasteiger partial charge in [-0.05, 0) is 12.0 Å². The first-order valence-corrected chi connectivity index (χ1v) is 5.21. The van der Waals surface area contributed by atoms with Gasteiger partial charge in [-0.3, -0.25) is 0 Å². The van der Waals surface area contributed by atoms with Crippen molar-refractivity contribution in [3.63, 3.8) is 0 Å². The second kappa shape index (κ2) is 4.36. The molecule has 2 N–H and O–H groups in total. The van der Waals surface area contributed by atoms with Crippen molar-refractivity contribution in [2.24, 2.45) is 0 Å². The van der Waals surface area contributed by atoms with E-state index in [1.54, 1.807) is 10.9 Å². The lowest BCUT2D eigenvalue weighted by Gasteiger charge is -2.03. The van der Waals surface area contributed by atoms with Gasteiger partial charge in [-0.25, -0.2) is 4.68 Å². The van der Waals surface area contributed by atoms with Crippen molar-refractivity contribution in [3.8, 4) is 12.0 Å². The molecule has 0 bridgehead atoms. The number of rotatable bonds is 3. The number of ether oxygens (including phenoxy) is 1. The molecule has 2 rings (SSSR count). The molecule has 17 heavy (non-hydrogen) atoms. The fraction of sp³-hybridized carbons (Fsp3) is 0.400. The Bertz CT molecular complexity index is 521. The molecular weight excluding hydrogens is 220 g/mol. The van der Waals surface area contributed by atoms with E-state index in [1.807, 2.05) is 6.07 Å². The van der Waals surface area contributed by atoms with Crippen molar-refractivity contribution in [2.45, 2.75) is 19.8 Å². The number of anilines is 1. The maximum atomic E-state index is 5.56. The molecule has 7 nitrogen and oxygen atoms in total. The van der Waals surface area contributed by atoms with Crippen molar-refractivity contribution in [1.29, 1.82) is 0 Å². The molecule has 2 aromatic rings. The second-order valence-corrected chi connectivity index (χ2v) is 3.82. The molecule has 0 radical (unpaired) electrons. The number of nitrogens with two attached hydrogens (primary N) is 1. The number of hydrogen-bond donors (Lipinski definition) is 1. The van der Waals surface area contributed by atoms with E-state index in [0.29, 0.717) is 11.9 Å². The molecule has 0 aliphatic rings. The predicted molar refractivity (Wildman–Crippen MR) is 62.0 cm³/mol. The van der Waals surface area contributed by atoms with Crippen LogP contribution in [0.25, 0.3) is 5.95 Å². The topological polar surface area (TPSA) is 91.7 Å². The summed E-state index contributed by atoms with van der Waals surface area (Å²) < 4.78 is 6.48. The molecule has 0 spiro atoms. The van der Waals surface area contributed by atoms with Crippen LogP contribution in [-0.2, 0) is 0 Å². The molecule has 90 valence electrons. The molecule has 0 aliphatic carbocycles. The van der Waals surface area contributed by atoms with Gasteiger partial charge in [0.1, 0.15) is 0 Å². The minimum absolute atomic E-state index is 0.105. The lowest BCUT2D eigenvalue weighted by Crippen LogP contribution is -2.08. The summed E-state index contributed by atoms with van der Waals surface area (Å²) in [5.74, 6) is 0.798. The Hall–Kier alpha value is -2.18. The maximum absolute atomic E-state index is 5.56. The van der Waals surface area contributed by atoms with Gasteiger partial charge >= 0.3 is 6.01 Å². The van der Waals surface area contributed by atoms with Crippen LogP contribution in [-0.4, -0.2) is 31.8 Å². The van der Waals surface area contributed by atoms with Gasteiger partial charge in [-0.15, -0.1) is 0 Å². The summed E-state index contributed by atoms with van der Waals surface area (Å²) in [5.41, 5.74) is 6.52. The van der Waals surface area contributed by atoms with Crippen molar-refractivity contribution >= 4 is 5.95 Å². The average molecular weight is 234 g/mol. The smallest absolute Gasteiger partial charge is 0.322 e. The molecule has 0 aromatic carbocycles. The molecule has 0 amide bonds. The van der Waals surface area contributed by atoms with E-state index in [2.05, 4.69) is 33.9 Å². The van der Waals surface area contributed by atoms with E-state index < -0.39 is 0 Å². The van der Waals surface area contributed by atoms with Crippen molar-refractivity contribution in [3.05, 3.63) is 18.0 Å². The number of nitrogens with zero attached hydrogens (tertiary/aromatic N) is 5. The third-order valence-corrected chi connectivity index (χ3v) is 2.21. The lowest BCUT2D eigenvalue weighted by atomic mass is 10.1. The zero-order chi connectivity index (χ0) is 12.4. The van der Waals surface area contributed by atoms with Gasteiger partial charge < -0.3 is 10.5 Å². The first-order chi connectivity index (χ1) is 8.10. The van der Waals surface area contributed by atoms with Crippen LogP contribution in [0.1, 0.15) is 25.5 Å². The van der Waals surface area contributed by atoms with E-state index in [4.69, 9.17) is 10.5 Å². The molecule has 2 aromatic heterocycles. The van der Waals surface area contributed by atoms with Crippen LogP contribution in [0.3, 0.4) is 0 Å². The number of hydrogen-bond acceptors (Lipinski definition) is 6. The third-order valence-electron chi connectivity index (χ3n) is 2.21. The third kappa shape index (κ3) is 2.32. The van der Waals surface area contributed by atoms with Crippen LogP contribution in [0.4, 0.5) is 5.95 Å². The monoisotopic (exact) mass is 234 g/mol. The largest absolute Gasteiger partial charge is 0.467 e. The standard InChI is InChI=1S/C10H14N6O/c1-6(2)7-4-5-16(15-7)9-12-8(11)13-10(14-9)17-3/h4-6H,1-3H3,(H2,11,12,13,14). The summed E-state index contributed by atoms with van der Waals surface area (Å²) >= 11 is 0. The Labute approximate surface area is 98.7 Å². The van der Waals surface area contributed by atoms with E-state index in [-0.39, 0.29) is 12.0 Å². The first-order valence-electron chi connectivity index (χ1n) is 5.21. The highest BCUT2D eigenvalue weighted by molar-refractivity contribution is 5.25. The molecule has 0 fully saturated rings. The number of nitrogen functional groups attached to an aromatic ring is 1. The first kappa shape index (κ1) is 11.3. The van der Waals surface area contributed by atoms with Crippen molar-refractivity contribution in [2.75, 3.05) is 12.8 Å². The Morgan fingerprint density at radius 2 is 2.06 bits per heavy atom. The van der Waals surface area contributed by atoms with Gasteiger partial charge in [0.25, 0.3) is 5.95 Å². The van der Waals surface area contributed by atoms with Gasteiger partial charge in [0.05, 0.1) is 12.8 Å². The summed E-state index contributed by atoms with van der Waals surface area (Å²) in [5, 5.41) is 4.35. The van der Waals surface area contributed by atoms with Crippen LogP contribution in [0.5, 0.6) is 6.01 Å². The van der Waals surface area contributed by atoms with Crippen molar-refractivity contribution in [1.82, 2.24) is 24.7 Å². The summed E-state index contributed by atoms with van der Waals surface area (Å²) in [6.45, 7) is 4.13. The van der Waals surface area contributed by atoms with Gasteiger partial charge in [0.15, 0.2) is 0 Å². The van der Waals surface area contributed by atoms with E-state index in [0.717, 1.165) is 5.69 Å². The Morgan fingerprint density at radius 3 is 2.65 bits per heavy atom. The minimum atomic E-state index is 0.105. The minimum Gasteiger partial charge on any atom is -0.467 e. The fourth-order valence-electron chi connectivity index (χ4n) is 1.31. The quantitative estimate of drug-likeness (QED) is 0.843. The maximum Gasteiger partial charge on any atom is 0.322 e. The molecule has 0 unspecified atom stereocenters. The predicted octanol–water partition coefficient (Wildman–Crippen LogP) is 0.771. The van der Waals surface area contributed by atoms with Crippen molar-refractivity contribution < 1.29 is 4.74 Å². The SMILES string of the molecule is COc1nc(N)nc(-n2ccc(C(C)C)n2)n1. The van der Waals surface area contributed by atoms with Crippen LogP contribution >= 0.6 is 0 Å². The normalized spacial score (nSPS) is 10.8. The van der Waals surface area contributed by atoms with Gasteiger partial charge in [-0.1, -0.05) is 13.8 Å². The molecule has 0 aliphatic heterocycles. The van der Waals surface area contributed by atoms with Crippen LogP contribution in [0.15, 0.2) is 12.3 Å². The zero-order valence-electron chi connectivity index (χ0n) is 9.95. The van der Waals surface area contributed by atoms with E-state index in [1.165, 1.54) is 7.11 Å². The lowest BCUT2D eigenvalue weighted by molar-refractivity contribution is 0.377. The number of methoxy groups -OCH3 is 1. The average Bonchev–Trinajstić information content (AvgIpc) is 2.77. The molecule has 0 saturated heterocycles. The molecule has 2 heterocycles. The van der Waals surface area contributed by atoms with Gasteiger partial charge in [0.2, 0.25) is 5.95 Å². The zero-order valence-corrected chi connectivity index (χ0v) is 9.95. The summed E-state index contributed by atoms with van der Waals surface area (Å²) in [7, 11) is 1.47. The Morgan fingerprint density at radius 1 is 1.29 bits per heavy atom. The highest BCUT2D eigenvalue weighted by atomic mass is 16.5. The van der Waals surface area contributed by atoms with E-state index >= 15 is 0 Å². The molecule has 0 atom stereocenters. The molecular formula is C10H14N6O. The summed E-state index contributed by atoms with van der Waals surface area (Å²) in [6, 6.07) is 2.09. The number of aromatic nitrogens is 5. The summed E-state index contributed by atoms with van der Waals surface area (Å²) in [4.78, 5) is 11.9. The highest BCUT2D eigenvalue weighted by Gasteiger charge is 2.09. The summed E-state index contributed by atoms with van der Waals surface area (Å²) in [6.07, 6.45) is 1.78. The van der Waals surface area contributed by atoms with Crippen LogP contribution < -0.4 is 10.5 Å². The molecule has 0 saturated carbocycles. The Balaban J connectivity index is 2.41. The van der Waals surface area contributed by atoms with Crippen LogP contribution in [0.2, 0.25) is 0 Å². The fourth-order valence-corrected chi connectivity index (χ4v) is 1.31. The van der Waals surface area contributed by atoms with Gasteiger partial charge in [-0.2, -0.15) is 20.1 Å². The molecule has 7 heteroatoms. The van der Waals surface area contributed by atoms with Gasteiger partial charge in [0, 0.05) is 6.20 Å².